The number of hydrogen-bond acceptors (Lipinski definition) is 4. The number of nitrogens with zero attached hydrogens (tertiary/aromatic N) is 1. The molecule has 0 N–H and O–H groups in total. The van der Waals surface area contributed by atoms with E-state index in [9.17, 15) is 13.2 Å². The van der Waals surface area contributed by atoms with Crippen LogP contribution in [-0.2, 0) is 9.84 Å². The van der Waals surface area contributed by atoms with Gasteiger partial charge in [0, 0.05) is 12.1 Å². The second-order valence-electron chi connectivity index (χ2n) is 5.15. The first kappa shape index (κ1) is 13.7. The van der Waals surface area contributed by atoms with Crippen molar-refractivity contribution in [2.24, 2.45) is 0 Å². The number of hydrogen-bond donors (Lipinski definition) is 0. The molecule has 0 aliphatic carbocycles. The summed E-state index contributed by atoms with van der Waals surface area (Å²) >= 11 is 6.01. The molecule has 1 aromatic carbocycles. The molecular weight excluding hydrogens is 302 g/mol. The van der Waals surface area contributed by atoms with Gasteiger partial charge in [0.2, 0.25) is 0 Å². The Morgan fingerprint density at radius 3 is 2.60 bits per heavy atom. The highest BCUT2D eigenvalue weighted by molar-refractivity contribution is 7.91. The predicted octanol–water partition coefficient (Wildman–Crippen LogP) is 1.36. The molecule has 1 aromatic rings. The van der Waals surface area contributed by atoms with Gasteiger partial charge in [0.05, 0.1) is 29.2 Å². The number of halogens is 1. The van der Waals surface area contributed by atoms with Gasteiger partial charge in [-0.05, 0) is 18.6 Å². The monoisotopic (exact) mass is 315 g/mol. The molecule has 0 radical (unpaired) electrons. The quantitative estimate of drug-likeness (QED) is 0.826. The van der Waals surface area contributed by atoms with Crippen LogP contribution in [0.2, 0.25) is 5.02 Å². The minimum Gasteiger partial charge on any atom is -0.494 e. The van der Waals surface area contributed by atoms with Gasteiger partial charge in [-0.2, -0.15) is 0 Å². The molecule has 20 heavy (non-hydrogen) atoms. The summed E-state index contributed by atoms with van der Waals surface area (Å²) in [5.41, 5.74) is 0.383. The van der Waals surface area contributed by atoms with Crippen molar-refractivity contribution in [3.05, 3.63) is 28.8 Å². The van der Waals surface area contributed by atoms with Crippen molar-refractivity contribution in [3.63, 3.8) is 0 Å². The van der Waals surface area contributed by atoms with E-state index in [0.29, 0.717) is 16.3 Å². The Labute approximate surface area is 122 Å². The summed E-state index contributed by atoms with van der Waals surface area (Å²) in [5.74, 6) is 0.239. The van der Waals surface area contributed by atoms with Crippen molar-refractivity contribution in [2.75, 3.05) is 18.6 Å². The number of likely N-dealkylation sites (tertiary alicyclic amines) is 1. The van der Waals surface area contributed by atoms with Gasteiger partial charge in [0.25, 0.3) is 5.91 Å². The van der Waals surface area contributed by atoms with Gasteiger partial charge in [-0.15, -0.1) is 0 Å². The average molecular weight is 316 g/mol. The second-order valence-corrected chi connectivity index (χ2v) is 7.71. The van der Waals surface area contributed by atoms with E-state index in [4.69, 9.17) is 16.3 Å². The topological polar surface area (TPSA) is 63.7 Å². The second kappa shape index (κ2) is 4.63. The number of carbonyl (C=O) groups excluding carboxylic acids is 1. The summed E-state index contributed by atoms with van der Waals surface area (Å²) in [6.07, 6.45) is 0.758. The molecular formula is C13H14ClNO4S. The average Bonchev–Trinajstić information content (AvgIpc) is 2.36. The highest BCUT2D eigenvalue weighted by Crippen LogP contribution is 2.37. The van der Waals surface area contributed by atoms with E-state index in [2.05, 4.69) is 0 Å². The van der Waals surface area contributed by atoms with Crippen LogP contribution in [0.15, 0.2) is 18.2 Å². The zero-order valence-electron chi connectivity index (χ0n) is 10.9. The fourth-order valence-corrected chi connectivity index (χ4v) is 5.16. The van der Waals surface area contributed by atoms with Crippen LogP contribution in [0.3, 0.4) is 0 Å². The molecule has 1 amide bonds. The summed E-state index contributed by atoms with van der Waals surface area (Å²) in [5, 5.41) is 0.372. The normalized spacial score (nSPS) is 26.8. The van der Waals surface area contributed by atoms with Crippen LogP contribution in [0, 0.1) is 0 Å². The van der Waals surface area contributed by atoms with Crippen molar-refractivity contribution < 1.29 is 17.9 Å². The molecule has 2 aliphatic heterocycles. The summed E-state index contributed by atoms with van der Waals surface area (Å²) < 4.78 is 28.4. The maximum absolute atomic E-state index is 12.6. The molecule has 108 valence electrons. The molecule has 0 saturated carbocycles. The number of para-hydroxylation sites is 1. The Kier molecular flexibility index (Phi) is 3.17. The molecule has 2 heterocycles. The lowest BCUT2D eigenvalue weighted by molar-refractivity contribution is 0.0241. The largest absolute Gasteiger partial charge is 0.494 e. The highest BCUT2D eigenvalue weighted by atomic mass is 35.5. The van der Waals surface area contributed by atoms with Crippen LogP contribution in [0.4, 0.5) is 0 Å². The van der Waals surface area contributed by atoms with Crippen LogP contribution < -0.4 is 4.74 Å². The number of sulfone groups is 1. The van der Waals surface area contributed by atoms with Gasteiger partial charge < -0.3 is 9.64 Å². The Hall–Kier alpha value is -1.27. The fraction of sp³-hybridized carbons (Fsp3) is 0.462. The standard InChI is InChI=1S/C13H14ClNO4S/c1-19-12-10(3-2-4-11(12)14)13(16)15-8-5-9(15)7-20(17,18)6-8/h2-4,8-9H,5-7H2,1H3. The number of carbonyl (C=O) groups is 1. The van der Waals surface area contributed by atoms with Crippen LogP contribution in [0.25, 0.3) is 0 Å². The predicted molar refractivity (Wildman–Crippen MR) is 75.0 cm³/mol. The van der Waals surface area contributed by atoms with Crippen molar-refractivity contribution in [2.45, 2.75) is 18.5 Å². The van der Waals surface area contributed by atoms with Gasteiger partial charge in [0.1, 0.15) is 5.75 Å². The van der Waals surface area contributed by atoms with Crippen LogP contribution in [0.1, 0.15) is 16.8 Å². The molecule has 2 aliphatic rings. The molecule has 0 spiro atoms. The maximum Gasteiger partial charge on any atom is 0.258 e. The third kappa shape index (κ3) is 2.07. The van der Waals surface area contributed by atoms with Gasteiger partial charge in [-0.25, -0.2) is 8.42 Å². The molecule has 2 atom stereocenters. The first-order valence-corrected chi connectivity index (χ1v) is 8.48. The summed E-state index contributed by atoms with van der Waals surface area (Å²) in [6.45, 7) is 0. The number of methoxy groups -OCH3 is 1. The number of rotatable bonds is 2. The molecule has 0 aromatic heterocycles. The van der Waals surface area contributed by atoms with Gasteiger partial charge in [-0.3, -0.25) is 4.79 Å². The molecule has 3 rings (SSSR count). The Bertz CT molecular complexity index is 655. The highest BCUT2D eigenvalue weighted by Gasteiger charge is 2.50. The van der Waals surface area contributed by atoms with E-state index in [1.807, 2.05) is 0 Å². The first-order valence-electron chi connectivity index (χ1n) is 6.28. The number of benzene rings is 1. The van der Waals surface area contributed by atoms with E-state index in [1.165, 1.54) is 7.11 Å². The smallest absolute Gasteiger partial charge is 0.258 e. The van der Waals surface area contributed by atoms with Crippen molar-refractivity contribution in [1.82, 2.24) is 4.90 Å². The lowest BCUT2D eigenvalue weighted by Gasteiger charge is -2.52. The van der Waals surface area contributed by atoms with Crippen molar-refractivity contribution >= 4 is 27.3 Å². The van der Waals surface area contributed by atoms with E-state index in [1.54, 1.807) is 23.1 Å². The van der Waals surface area contributed by atoms with Crippen LogP contribution in [-0.4, -0.2) is 49.9 Å². The maximum atomic E-state index is 12.6. The third-order valence-electron chi connectivity index (χ3n) is 3.86. The SMILES string of the molecule is COc1c(Cl)cccc1C(=O)N1C2CC1CS(=O)(=O)C2. The van der Waals surface area contributed by atoms with E-state index >= 15 is 0 Å². The van der Waals surface area contributed by atoms with Gasteiger partial charge >= 0.3 is 0 Å². The number of ether oxygens (including phenoxy) is 1. The first-order chi connectivity index (χ1) is 9.43. The van der Waals surface area contributed by atoms with E-state index in [-0.39, 0.29) is 29.5 Å². The summed E-state index contributed by atoms with van der Waals surface area (Å²) in [6, 6.07) is 4.56. The molecule has 7 heteroatoms. The molecule has 2 fully saturated rings. The lowest BCUT2D eigenvalue weighted by atomic mass is 9.93. The van der Waals surface area contributed by atoms with Gasteiger partial charge in [-0.1, -0.05) is 17.7 Å². The fourth-order valence-electron chi connectivity index (χ4n) is 3.01. The number of amides is 1. The number of fused-ring (bicyclic) bond motifs is 2. The van der Waals surface area contributed by atoms with E-state index in [0.717, 1.165) is 6.42 Å². The molecule has 5 nitrogen and oxygen atoms in total. The van der Waals surface area contributed by atoms with E-state index < -0.39 is 9.84 Å². The zero-order chi connectivity index (χ0) is 14.5. The lowest BCUT2D eigenvalue weighted by Crippen LogP contribution is -2.67. The Morgan fingerprint density at radius 1 is 1.35 bits per heavy atom. The summed E-state index contributed by atoms with van der Waals surface area (Å²) in [7, 11) is -1.55. The van der Waals surface area contributed by atoms with Gasteiger partial charge in [0.15, 0.2) is 9.84 Å². The zero-order valence-corrected chi connectivity index (χ0v) is 12.4. The Balaban J connectivity index is 1.91. The van der Waals surface area contributed by atoms with Crippen LogP contribution in [0.5, 0.6) is 5.75 Å². The van der Waals surface area contributed by atoms with Crippen molar-refractivity contribution in [3.8, 4) is 5.75 Å². The molecule has 2 unspecified atom stereocenters. The Morgan fingerprint density at radius 2 is 2.00 bits per heavy atom. The third-order valence-corrected chi connectivity index (χ3v) is 5.94. The van der Waals surface area contributed by atoms with Crippen molar-refractivity contribution in [1.29, 1.82) is 0 Å². The minimum absolute atomic E-state index is 0.0537. The minimum atomic E-state index is -3.01. The molecule has 2 bridgehead atoms. The summed E-state index contributed by atoms with van der Waals surface area (Å²) in [4.78, 5) is 14.2. The van der Waals surface area contributed by atoms with Crippen LogP contribution >= 0.6 is 11.6 Å². The molecule has 2 saturated heterocycles.